The number of rotatable bonds is 5. The van der Waals surface area contributed by atoms with Crippen molar-refractivity contribution in [3.05, 3.63) is 23.8 Å². The van der Waals surface area contributed by atoms with E-state index in [4.69, 9.17) is 15.2 Å². The Hall–Kier alpha value is -1.22. The van der Waals surface area contributed by atoms with Gasteiger partial charge in [0.25, 0.3) is 0 Å². The van der Waals surface area contributed by atoms with Crippen molar-refractivity contribution in [3.8, 4) is 11.5 Å². The first-order valence-electron chi connectivity index (χ1n) is 6.41. The van der Waals surface area contributed by atoms with Crippen molar-refractivity contribution < 1.29 is 9.47 Å². The van der Waals surface area contributed by atoms with Gasteiger partial charge in [0.1, 0.15) is 0 Å². The van der Waals surface area contributed by atoms with Crippen LogP contribution in [0.15, 0.2) is 18.2 Å². The van der Waals surface area contributed by atoms with Gasteiger partial charge in [-0.25, -0.2) is 0 Å². The largest absolute Gasteiger partial charge is 0.490 e. The topological polar surface area (TPSA) is 44.5 Å². The lowest BCUT2D eigenvalue weighted by Crippen LogP contribution is -2.37. The van der Waals surface area contributed by atoms with Crippen LogP contribution in [0.1, 0.15) is 38.2 Å². The molecule has 1 aromatic rings. The zero-order valence-electron chi connectivity index (χ0n) is 10.6. The first-order valence-corrected chi connectivity index (χ1v) is 6.41. The van der Waals surface area contributed by atoms with Crippen LogP contribution in [0.5, 0.6) is 11.5 Å². The highest BCUT2D eigenvalue weighted by atomic mass is 16.5. The molecule has 3 heteroatoms. The van der Waals surface area contributed by atoms with Gasteiger partial charge in [-0.05, 0) is 50.3 Å². The third-order valence-corrected chi connectivity index (χ3v) is 3.32. The lowest BCUT2D eigenvalue weighted by atomic mass is 9.75. The summed E-state index contributed by atoms with van der Waals surface area (Å²) in [7, 11) is 0. The summed E-state index contributed by atoms with van der Waals surface area (Å²) in [5, 5.41) is 0. The van der Waals surface area contributed by atoms with E-state index in [-0.39, 0.29) is 0 Å². The molecule has 0 bridgehead atoms. The van der Waals surface area contributed by atoms with Gasteiger partial charge in [-0.3, -0.25) is 0 Å². The van der Waals surface area contributed by atoms with Crippen LogP contribution in [-0.2, 0) is 0 Å². The van der Waals surface area contributed by atoms with Gasteiger partial charge in [0, 0.05) is 6.04 Å². The summed E-state index contributed by atoms with van der Waals surface area (Å²) in [4.78, 5) is 0. The molecule has 0 aliphatic heterocycles. The molecule has 2 rings (SSSR count). The van der Waals surface area contributed by atoms with Crippen LogP contribution >= 0.6 is 0 Å². The van der Waals surface area contributed by atoms with Crippen LogP contribution in [0.25, 0.3) is 0 Å². The Labute approximate surface area is 103 Å². The minimum absolute atomic E-state index is 0.308. The first-order chi connectivity index (χ1) is 8.26. The van der Waals surface area contributed by atoms with Gasteiger partial charge in [0.15, 0.2) is 11.5 Å². The van der Waals surface area contributed by atoms with Gasteiger partial charge in [-0.15, -0.1) is 0 Å². The summed E-state index contributed by atoms with van der Waals surface area (Å²) in [6.45, 7) is 5.27. The Morgan fingerprint density at radius 3 is 2.35 bits per heavy atom. The maximum Gasteiger partial charge on any atom is 0.161 e. The van der Waals surface area contributed by atoms with Crippen molar-refractivity contribution in [2.24, 2.45) is 5.73 Å². The minimum atomic E-state index is 0.308. The molecule has 94 valence electrons. The summed E-state index contributed by atoms with van der Waals surface area (Å²) in [5.74, 6) is 2.15. The highest BCUT2D eigenvalue weighted by Crippen LogP contribution is 2.39. The number of nitrogens with two attached hydrogens (primary N) is 1. The van der Waals surface area contributed by atoms with Crippen LogP contribution in [0.3, 0.4) is 0 Å². The van der Waals surface area contributed by atoms with Crippen molar-refractivity contribution in [1.82, 2.24) is 0 Å². The number of ether oxygens (including phenoxy) is 2. The van der Waals surface area contributed by atoms with Crippen LogP contribution in [0, 0.1) is 0 Å². The molecule has 0 spiro atoms. The molecule has 0 aromatic heterocycles. The molecule has 3 nitrogen and oxygen atoms in total. The molecule has 0 radical (unpaired) electrons. The molecular formula is C14H21NO2. The molecule has 0 amide bonds. The van der Waals surface area contributed by atoms with Crippen molar-refractivity contribution in [3.63, 3.8) is 0 Å². The Morgan fingerprint density at radius 2 is 1.82 bits per heavy atom. The predicted molar refractivity (Wildman–Crippen MR) is 68.7 cm³/mol. The van der Waals surface area contributed by atoms with E-state index in [0.29, 0.717) is 25.2 Å². The maximum atomic E-state index is 6.00. The maximum absolute atomic E-state index is 6.00. The van der Waals surface area contributed by atoms with Gasteiger partial charge in [-0.2, -0.15) is 0 Å². The summed E-state index contributed by atoms with van der Waals surface area (Å²) >= 11 is 0. The third-order valence-electron chi connectivity index (χ3n) is 3.32. The van der Waals surface area contributed by atoms with Gasteiger partial charge in [0.2, 0.25) is 0 Å². The number of hydrogen-bond donors (Lipinski definition) is 1. The zero-order chi connectivity index (χ0) is 12.3. The second-order valence-corrected chi connectivity index (χ2v) is 4.42. The molecular weight excluding hydrogens is 214 g/mol. The first kappa shape index (κ1) is 12.2. The normalized spacial score (nSPS) is 23.0. The lowest BCUT2D eigenvalue weighted by Gasteiger charge is -2.34. The van der Waals surface area contributed by atoms with E-state index in [1.165, 1.54) is 12.0 Å². The van der Waals surface area contributed by atoms with E-state index in [9.17, 15) is 0 Å². The fourth-order valence-electron chi connectivity index (χ4n) is 2.24. The van der Waals surface area contributed by atoms with E-state index < -0.39 is 0 Å². The van der Waals surface area contributed by atoms with E-state index in [1.807, 2.05) is 19.9 Å². The van der Waals surface area contributed by atoms with E-state index in [0.717, 1.165) is 17.9 Å². The lowest BCUT2D eigenvalue weighted by molar-refractivity contribution is 0.285. The van der Waals surface area contributed by atoms with Crippen LogP contribution < -0.4 is 15.2 Å². The van der Waals surface area contributed by atoms with Crippen molar-refractivity contribution in [1.29, 1.82) is 0 Å². The van der Waals surface area contributed by atoms with Gasteiger partial charge in [0.05, 0.1) is 13.2 Å². The van der Waals surface area contributed by atoms with Gasteiger partial charge in [-0.1, -0.05) is 6.07 Å². The highest BCUT2D eigenvalue weighted by Gasteiger charge is 2.29. The summed E-state index contributed by atoms with van der Waals surface area (Å²) in [6, 6.07) is 6.49. The SMILES string of the molecule is CCOc1ccc(C2CCC2N)cc1OCC. The summed E-state index contributed by atoms with van der Waals surface area (Å²) in [6.07, 6.45) is 2.31. The Bertz CT molecular complexity index is 378. The van der Waals surface area contributed by atoms with Gasteiger partial charge < -0.3 is 15.2 Å². The molecule has 2 atom stereocenters. The molecule has 2 unspecified atom stereocenters. The zero-order valence-corrected chi connectivity index (χ0v) is 10.6. The molecule has 1 saturated carbocycles. The average Bonchev–Trinajstić information content (AvgIpc) is 2.31. The standard InChI is InChI=1S/C14H21NO2/c1-3-16-13-8-5-10(9-14(13)17-4-2)11-6-7-12(11)15/h5,8-9,11-12H,3-4,6-7,15H2,1-2H3. The number of hydrogen-bond acceptors (Lipinski definition) is 3. The monoisotopic (exact) mass is 235 g/mol. The average molecular weight is 235 g/mol. The molecule has 2 N–H and O–H groups in total. The molecule has 1 fully saturated rings. The molecule has 1 aliphatic rings. The number of benzene rings is 1. The van der Waals surface area contributed by atoms with Crippen LogP contribution in [0.2, 0.25) is 0 Å². The van der Waals surface area contributed by atoms with Crippen LogP contribution in [-0.4, -0.2) is 19.3 Å². The van der Waals surface area contributed by atoms with E-state index in [1.54, 1.807) is 0 Å². The second-order valence-electron chi connectivity index (χ2n) is 4.42. The smallest absolute Gasteiger partial charge is 0.161 e. The van der Waals surface area contributed by atoms with Crippen molar-refractivity contribution in [2.75, 3.05) is 13.2 Å². The van der Waals surface area contributed by atoms with Gasteiger partial charge >= 0.3 is 0 Å². The van der Waals surface area contributed by atoms with Crippen molar-refractivity contribution in [2.45, 2.75) is 38.6 Å². The predicted octanol–water partition coefficient (Wildman–Crippen LogP) is 2.69. The molecule has 0 heterocycles. The molecule has 1 aromatic carbocycles. The fraction of sp³-hybridized carbons (Fsp3) is 0.571. The Balaban J connectivity index is 2.21. The summed E-state index contributed by atoms with van der Waals surface area (Å²) in [5.41, 5.74) is 7.28. The molecule has 17 heavy (non-hydrogen) atoms. The Kier molecular flexibility index (Phi) is 3.89. The Morgan fingerprint density at radius 1 is 1.12 bits per heavy atom. The third kappa shape index (κ3) is 2.55. The van der Waals surface area contributed by atoms with E-state index >= 15 is 0 Å². The van der Waals surface area contributed by atoms with Crippen molar-refractivity contribution >= 4 is 0 Å². The molecule has 0 saturated heterocycles. The molecule has 1 aliphatic carbocycles. The minimum Gasteiger partial charge on any atom is -0.490 e. The van der Waals surface area contributed by atoms with Crippen LogP contribution in [0.4, 0.5) is 0 Å². The second kappa shape index (κ2) is 5.41. The quantitative estimate of drug-likeness (QED) is 0.853. The van der Waals surface area contributed by atoms with E-state index in [2.05, 4.69) is 12.1 Å². The highest BCUT2D eigenvalue weighted by molar-refractivity contribution is 5.44. The fourth-order valence-corrected chi connectivity index (χ4v) is 2.24. The summed E-state index contributed by atoms with van der Waals surface area (Å²) < 4.78 is 11.2.